The SMILES string of the molecule is COc1cncc(-c2cc(-c3cc(C(F)F)ncc3OC)c(C(=O)Nc3nnc(C#CC4CC4)s3)cn2)c1. The molecule has 4 aromatic rings. The van der Waals surface area contributed by atoms with Crippen LogP contribution in [0.15, 0.2) is 43.0 Å². The van der Waals surface area contributed by atoms with E-state index in [0.717, 1.165) is 24.2 Å². The molecule has 38 heavy (non-hydrogen) atoms. The monoisotopic (exact) mass is 534 g/mol. The van der Waals surface area contributed by atoms with Gasteiger partial charge in [-0.2, -0.15) is 0 Å². The van der Waals surface area contributed by atoms with E-state index in [4.69, 9.17) is 9.47 Å². The Morgan fingerprint density at radius 1 is 1.05 bits per heavy atom. The van der Waals surface area contributed by atoms with Crippen molar-refractivity contribution >= 4 is 22.4 Å². The first-order chi connectivity index (χ1) is 18.4. The van der Waals surface area contributed by atoms with Crippen LogP contribution < -0.4 is 14.8 Å². The molecule has 4 heterocycles. The van der Waals surface area contributed by atoms with Gasteiger partial charge in [0, 0.05) is 35.0 Å². The quantitative estimate of drug-likeness (QED) is 0.329. The molecule has 0 bridgehead atoms. The van der Waals surface area contributed by atoms with Gasteiger partial charge in [-0.15, -0.1) is 10.2 Å². The molecule has 12 heteroatoms. The van der Waals surface area contributed by atoms with Crippen molar-refractivity contribution in [3.05, 3.63) is 59.3 Å². The lowest BCUT2D eigenvalue weighted by atomic mass is 9.98. The van der Waals surface area contributed by atoms with Crippen molar-refractivity contribution in [2.45, 2.75) is 19.3 Å². The van der Waals surface area contributed by atoms with Crippen LogP contribution in [-0.4, -0.2) is 45.3 Å². The van der Waals surface area contributed by atoms with Crippen LogP contribution in [0.4, 0.5) is 13.9 Å². The Labute approximate surface area is 220 Å². The van der Waals surface area contributed by atoms with Gasteiger partial charge in [0.25, 0.3) is 12.3 Å². The zero-order chi connectivity index (χ0) is 26.6. The van der Waals surface area contributed by atoms with Gasteiger partial charge in [-0.05, 0) is 37.0 Å². The lowest BCUT2D eigenvalue weighted by Crippen LogP contribution is -2.14. The molecule has 0 spiro atoms. The highest BCUT2D eigenvalue weighted by atomic mass is 32.1. The van der Waals surface area contributed by atoms with E-state index in [1.165, 1.54) is 32.7 Å². The van der Waals surface area contributed by atoms with E-state index in [1.54, 1.807) is 24.5 Å². The standard InChI is InChI=1S/C26H20F2N6O3S/c1-36-16-7-15(10-29-11-16)20-8-17(18-9-21(24(27)28)31-13-22(18)37-2)19(12-30-20)25(35)32-26-34-33-23(38-26)6-5-14-3-4-14/h7-14,24H,3-4H2,1-2H3,(H,32,34,35). The number of rotatable bonds is 7. The van der Waals surface area contributed by atoms with Gasteiger partial charge in [-0.1, -0.05) is 17.3 Å². The van der Waals surface area contributed by atoms with Crippen LogP contribution in [0.25, 0.3) is 22.4 Å². The molecule has 1 amide bonds. The average molecular weight is 535 g/mol. The molecule has 5 rings (SSSR count). The number of carbonyl (C=O) groups is 1. The first-order valence-corrected chi connectivity index (χ1v) is 12.2. The lowest BCUT2D eigenvalue weighted by Gasteiger charge is -2.15. The summed E-state index contributed by atoms with van der Waals surface area (Å²) in [6, 6.07) is 4.52. The second-order valence-corrected chi connectivity index (χ2v) is 9.23. The average Bonchev–Trinajstić information content (AvgIpc) is 3.68. The van der Waals surface area contributed by atoms with Crippen molar-refractivity contribution in [3.8, 4) is 45.7 Å². The number of halogens is 2. The number of pyridine rings is 3. The minimum Gasteiger partial charge on any atom is -0.495 e. The van der Waals surface area contributed by atoms with Crippen LogP contribution in [0.5, 0.6) is 11.5 Å². The molecule has 1 aliphatic rings. The van der Waals surface area contributed by atoms with Gasteiger partial charge >= 0.3 is 0 Å². The molecule has 1 N–H and O–H groups in total. The predicted octanol–water partition coefficient (Wildman–Crippen LogP) is 5.03. The Balaban J connectivity index is 1.57. The number of nitrogens with zero attached hydrogens (tertiary/aromatic N) is 5. The highest BCUT2D eigenvalue weighted by molar-refractivity contribution is 7.15. The Kier molecular flexibility index (Phi) is 7.19. The smallest absolute Gasteiger partial charge is 0.280 e. The second kappa shape index (κ2) is 10.9. The molecule has 0 atom stereocenters. The molecule has 9 nitrogen and oxygen atoms in total. The molecule has 0 aromatic carbocycles. The van der Waals surface area contributed by atoms with Crippen molar-refractivity contribution in [2.24, 2.45) is 5.92 Å². The summed E-state index contributed by atoms with van der Waals surface area (Å²) in [5.74, 6) is 6.62. The van der Waals surface area contributed by atoms with Crippen LogP contribution in [0, 0.1) is 17.8 Å². The van der Waals surface area contributed by atoms with Crippen LogP contribution in [0.1, 0.15) is 40.3 Å². The van der Waals surface area contributed by atoms with E-state index in [0.29, 0.717) is 33.5 Å². The molecule has 0 saturated heterocycles. The predicted molar refractivity (Wildman–Crippen MR) is 136 cm³/mol. The third-order valence-corrected chi connectivity index (χ3v) is 6.38. The summed E-state index contributed by atoms with van der Waals surface area (Å²) in [5, 5.41) is 11.4. The fourth-order valence-corrected chi connectivity index (χ4v) is 4.12. The highest BCUT2D eigenvalue weighted by Crippen LogP contribution is 2.37. The number of anilines is 1. The number of aromatic nitrogens is 5. The Morgan fingerprint density at radius 2 is 1.89 bits per heavy atom. The van der Waals surface area contributed by atoms with E-state index in [1.807, 2.05) is 0 Å². The van der Waals surface area contributed by atoms with E-state index in [2.05, 4.69) is 42.3 Å². The Morgan fingerprint density at radius 3 is 2.63 bits per heavy atom. The van der Waals surface area contributed by atoms with Crippen molar-refractivity contribution in [3.63, 3.8) is 0 Å². The van der Waals surface area contributed by atoms with Gasteiger partial charge in [0.2, 0.25) is 5.13 Å². The number of carbonyl (C=O) groups excluding carboxylic acids is 1. The van der Waals surface area contributed by atoms with Crippen molar-refractivity contribution in [2.75, 3.05) is 19.5 Å². The molecule has 0 unspecified atom stereocenters. The fourth-order valence-electron chi connectivity index (χ4n) is 3.52. The minimum atomic E-state index is -2.82. The molecular weight excluding hydrogens is 514 g/mol. The van der Waals surface area contributed by atoms with Crippen LogP contribution in [0.2, 0.25) is 0 Å². The van der Waals surface area contributed by atoms with Crippen molar-refractivity contribution in [1.82, 2.24) is 25.1 Å². The number of ether oxygens (including phenoxy) is 2. The maximum Gasteiger partial charge on any atom is 0.280 e. The minimum absolute atomic E-state index is 0.107. The molecule has 1 saturated carbocycles. The molecular formula is C26H20F2N6O3S. The Bertz CT molecular complexity index is 1560. The molecule has 0 radical (unpaired) electrons. The van der Waals surface area contributed by atoms with Crippen LogP contribution >= 0.6 is 11.3 Å². The first kappa shape index (κ1) is 25.2. The first-order valence-electron chi connectivity index (χ1n) is 11.4. The summed E-state index contributed by atoms with van der Waals surface area (Å²) >= 11 is 1.14. The largest absolute Gasteiger partial charge is 0.495 e. The van der Waals surface area contributed by atoms with Crippen LogP contribution in [0.3, 0.4) is 0 Å². The zero-order valence-corrected chi connectivity index (χ0v) is 21.1. The third-order valence-electron chi connectivity index (χ3n) is 5.62. The van der Waals surface area contributed by atoms with Gasteiger partial charge in [-0.3, -0.25) is 25.1 Å². The number of methoxy groups -OCH3 is 2. The maximum absolute atomic E-state index is 13.5. The maximum atomic E-state index is 13.5. The van der Waals surface area contributed by atoms with E-state index in [-0.39, 0.29) is 22.0 Å². The normalized spacial score (nSPS) is 12.6. The fraction of sp³-hybridized carbons (Fsp3) is 0.231. The summed E-state index contributed by atoms with van der Waals surface area (Å²) in [6.07, 6.45) is 5.01. The number of hydrogen-bond donors (Lipinski definition) is 1. The van der Waals surface area contributed by atoms with Crippen LogP contribution in [-0.2, 0) is 0 Å². The van der Waals surface area contributed by atoms with E-state index >= 15 is 0 Å². The lowest BCUT2D eigenvalue weighted by molar-refractivity contribution is 0.102. The molecule has 192 valence electrons. The second-order valence-electron chi connectivity index (χ2n) is 8.25. The number of hydrogen-bond acceptors (Lipinski definition) is 9. The van der Waals surface area contributed by atoms with Gasteiger partial charge < -0.3 is 9.47 Å². The molecule has 1 fully saturated rings. The van der Waals surface area contributed by atoms with Crippen molar-refractivity contribution in [1.29, 1.82) is 0 Å². The zero-order valence-electron chi connectivity index (χ0n) is 20.2. The summed E-state index contributed by atoms with van der Waals surface area (Å²) < 4.78 is 37.7. The van der Waals surface area contributed by atoms with Gasteiger partial charge in [0.15, 0.2) is 5.01 Å². The van der Waals surface area contributed by atoms with Gasteiger partial charge in [0.05, 0.1) is 37.9 Å². The number of alkyl halides is 2. The van der Waals surface area contributed by atoms with E-state index in [9.17, 15) is 13.6 Å². The van der Waals surface area contributed by atoms with Crippen molar-refractivity contribution < 1.29 is 23.0 Å². The number of amides is 1. The molecule has 1 aliphatic carbocycles. The summed E-state index contributed by atoms with van der Waals surface area (Å²) in [5.41, 5.74) is 1.23. The number of nitrogens with one attached hydrogen (secondary N) is 1. The van der Waals surface area contributed by atoms with Gasteiger partial charge in [0.1, 0.15) is 17.2 Å². The topological polar surface area (TPSA) is 112 Å². The summed E-state index contributed by atoms with van der Waals surface area (Å²) in [7, 11) is 2.90. The molecule has 4 aromatic heterocycles. The summed E-state index contributed by atoms with van der Waals surface area (Å²) in [4.78, 5) is 25.7. The van der Waals surface area contributed by atoms with E-state index < -0.39 is 18.0 Å². The third kappa shape index (κ3) is 5.57. The summed E-state index contributed by atoms with van der Waals surface area (Å²) in [6.45, 7) is 0. The highest BCUT2D eigenvalue weighted by Gasteiger charge is 2.22. The Hall–Kier alpha value is -4.50. The molecule has 0 aliphatic heterocycles. The van der Waals surface area contributed by atoms with Gasteiger partial charge in [-0.25, -0.2) is 8.78 Å².